The highest BCUT2D eigenvalue weighted by atomic mass is 32.1. The largest absolute Gasteiger partial charge is 0.496 e. The second-order valence-corrected chi connectivity index (χ2v) is 10.1. The van der Waals surface area contributed by atoms with Crippen LogP contribution in [0.1, 0.15) is 40.2 Å². The lowest BCUT2D eigenvalue weighted by molar-refractivity contribution is -0.122. The number of nitrogens with one attached hydrogen (secondary N) is 1. The van der Waals surface area contributed by atoms with Crippen LogP contribution in [-0.2, 0) is 29.0 Å². The molecule has 3 aromatic heterocycles. The predicted molar refractivity (Wildman–Crippen MR) is 165 cm³/mol. The molecular weight excluding hydrogens is 565 g/mol. The summed E-state index contributed by atoms with van der Waals surface area (Å²) in [5, 5.41) is 16.0. The molecule has 0 saturated carbocycles. The van der Waals surface area contributed by atoms with E-state index in [1.165, 1.54) is 41.2 Å². The Morgan fingerprint density at radius 3 is 2.48 bits per heavy atom. The van der Waals surface area contributed by atoms with Gasteiger partial charge in [-0.3, -0.25) is 18.7 Å². The molecule has 1 amide bonds. The van der Waals surface area contributed by atoms with E-state index >= 15 is 0 Å². The lowest BCUT2D eigenvalue weighted by atomic mass is 10.1. The summed E-state index contributed by atoms with van der Waals surface area (Å²) in [6.07, 6.45) is 3.66. The molecule has 0 unspecified atom stereocenters. The summed E-state index contributed by atoms with van der Waals surface area (Å²) in [5.41, 5.74) is 0.109. The molecule has 1 aromatic carbocycles. The number of aliphatic hydroxyl groups is 1. The van der Waals surface area contributed by atoms with Gasteiger partial charge in [-0.25, -0.2) is 13.9 Å². The zero-order valence-electron chi connectivity index (χ0n) is 25.1. The van der Waals surface area contributed by atoms with Crippen LogP contribution in [0.3, 0.4) is 0 Å². The molecule has 0 saturated heterocycles. The van der Waals surface area contributed by atoms with Gasteiger partial charge in [0.25, 0.3) is 5.56 Å². The molecule has 232 valence electrons. The fraction of sp³-hybridized carbons (Fsp3) is 0.448. The number of benzene rings is 1. The van der Waals surface area contributed by atoms with Crippen molar-refractivity contribution in [1.29, 1.82) is 0 Å². The Balaban J connectivity index is 0.00000105. The Kier molecular flexibility index (Phi) is 13.6. The SMILES string of the molecule is CC.COCCO.COc1ccc(F)cc1CCn1c(=O)n(CC(=O)NC(C)C)c(=O)c2c(C)c(-n3cccn3)sc21.[HH]. The first-order valence-corrected chi connectivity index (χ1v) is 14.4. The number of aromatic nitrogens is 4. The number of ether oxygens (including phenoxy) is 2. The molecule has 4 rings (SSSR count). The second kappa shape index (κ2) is 16.6. The minimum absolute atomic E-state index is 0. The first kappa shape index (κ1) is 34.4. The van der Waals surface area contributed by atoms with Gasteiger partial charge in [-0.05, 0) is 57.0 Å². The smallest absolute Gasteiger partial charge is 0.332 e. The van der Waals surface area contributed by atoms with Crippen molar-refractivity contribution in [3.63, 3.8) is 0 Å². The summed E-state index contributed by atoms with van der Waals surface area (Å²) >= 11 is 1.27. The number of aryl methyl sites for hydroxylation is 3. The van der Waals surface area contributed by atoms with Gasteiger partial charge in [0.2, 0.25) is 5.91 Å². The van der Waals surface area contributed by atoms with E-state index in [0.29, 0.717) is 38.7 Å². The van der Waals surface area contributed by atoms with Crippen LogP contribution in [0.2, 0.25) is 0 Å². The average Bonchev–Trinajstić information content (AvgIpc) is 3.61. The van der Waals surface area contributed by atoms with E-state index < -0.39 is 29.5 Å². The molecule has 11 nitrogen and oxygen atoms in total. The molecule has 3 heterocycles. The van der Waals surface area contributed by atoms with Crippen molar-refractivity contribution in [3.05, 3.63) is 74.4 Å². The number of rotatable bonds is 10. The zero-order valence-corrected chi connectivity index (χ0v) is 26.0. The number of fused-ring (bicyclic) bond motifs is 1. The molecule has 2 N–H and O–H groups in total. The van der Waals surface area contributed by atoms with Gasteiger partial charge in [-0.1, -0.05) is 25.2 Å². The molecule has 0 radical (unpaired) electrons. The van der Waals surface area contributed by atoms with Gasteiger partial charge in [-0.2, -0.15) is 5.10 Å². The van der Waals surface area contributed by atoms with Gasteiger partial charge >= 0.3 is 5.69 Å². The molecule has 42 heavy (non-hydrogen) atoms. The van der Waals surface area contributed by atoms with E-state index in [2.05, 4.69) is 15.2 Å². The maximum atomic E-state index is 13.9. The van der Waals surface area contributed by atoms with Crippen molar-refractivity contribution >= 4 is 27.5 Å². The highest BCUT2D eigenvalue weighted by Crippen LogP contribution is 2.31. The summed E-state index contributed by atoms with van der Waals surface area (Å²) in [5.74, 6) is -0.349. The van der Waals surface area contributed by atoms with E-state index in [9.17, 15) is 18.8 Å². The number of hydrogen-bond donors (Lipinski definition) is 2. The van der Waals surface area contributed by atoms with Crippen molar-refractivity contribution < 1.29 is 25.2 Å². The Bertz CT molecular complexity index is 1560. The van der Waals surface area contributed by atoms with Crippen molar-refractivity contribution in [1.82, 2.24) is 24.2 Å². The summed E-state index contributed by atoms with van der Waals surface area (Å²) < 4.78 is 27.7. The van der Waals surface area contributed by atoms with Gasteiger partial charge in [0.1, 0.15) is 27.9 Å². The number of thiophene rings is 1. The van der Waals surface area contributed by atoms with Crippen LogP contribution in [-0.4, -0.2) is 63.4 Å². The molecule has 0 fully saturated rings. The molecule has 4 aromatic rings. The van der Waals surface area contributed by atoms with Crippen LogP contribution in [0.4, 0.5) is 4.39 Å². The molecule has 0 bridgehead atoms. The minimum atomic E-state index is -0.606. The van der Waals surface area contributed by atoms with Crippen molar-refractivity contribution in [2.75, 3.05) is 27.4 Å². The summed E-state index contributed by atoms with van der Waals surface area (Å²) in [6, 6.07) is 5.83. The first-order valence-electron chi connectivity index (χ1n) is 13.6. The average molecular weight is 608 g/mol. The summed E-state index contributed by atoms with van der Waals surface area (Å²) in [6.45, 7) is 9.71. The second-order valence-electron chi connectivity index (χ2n) is 9.13. The third-order valence-corrected chi connectivity index (χ3v) is 7.18. The third-order valence-electron chi connectivity index (χ3n) is 5.88. The van der Waals surface area contributed by atoms with Crippen LogP contribution in [0, 0.1) is 12.7 Å². The number of aliphatic hydroxyl groups excluding tert-OH is 1. The van der Waals surface area contributed by atoms with Crippen LogP contribution in [0.5, 0.6) is 5.75 Å². The quantitative estimate of drug-likeness (QED) is 0.282. The number of nitrogens with zero attached hydrogens (tertiary/aromatic N) is 4. The Morgan fingerprint density at radius 2 is 1.93 bits per heavy atom. The van der Waals surface area contributed by atoms with Crippen LogP contribution in [0.25, 0.3) is 15.2 Å². The Labute approximate surface area is 249 Å². The molecule has 0 spiro atoms. The lowest BCUT2D eigenvalue weighted by Gasteiger charge is -2.14. The number of halogens is 1. The van der Waals surface area contributed by atoms with Gasteiger partial charge in [0.15, 0.2) is 0 Å². The maximum absolute atomic E-state index is 13.9. The molecule has 0 aliphatic carbocycles. The van der Waals surface area contributed by atoms with Crippen LogP contribution < -0.4 is 21.3 Å². The molecule has 0 aliphatic heterocycles. The number of hydrogen-bond acceptors (Lipinski definition) is 8. The zero-order chi connectivity index (χ0) is 31.4. The van der Waals surface area contributed by atoms with Gasteiger partial charge in [0.05, 0.1) is 25.7 Å². The van der Waals surface area contributed by atoms with E-state index in [0.717, 1.165) is 4.57 Å². The highest BCUT2D eigenvalue weighted by molar-refractivity contribution is 7.21. The number of methoxy groups -OCH3 is 2. The van der Waals surface area contributed by atoms with Crippen molar-refractivity contribution in [3.8, 4) is 10.8 Å². The van der Waals surface area contributed by atoms with E-state index in [1.807, 2.05) is 13.8 Å². The normalized spacial score (nSPS) is 10.6. The fourth-order valence-corrected chi connectivity index (χ4v) is 5.37. The topological polar surface area (TPSA) is 130 Å². The summed E-state index contributed by atoms with van der Waals surface area (Å²) in [4.78, 5) is 39.9. The standard InChI is InChI=1S/C24H26FN5O4S.C3H8O2.C2H6.H2/c1-14(2)27-19(31)13-29-21(32)20-15(3)22(30-10-5-9-26-30)35-23(20)28(24(29)33)11-8-16-12-17(25)6-7-18(16)34-4;1-5-3-2-4;1-2;/h5-7,9-10,12,14H,8,11,13H2,1-4H3,(H,27,31);4H,2-3H2,1H3;1-2H3;1H. The number of carbonyl (C=O) groups is 1. The van der Waals surface area contributed by atoms with Crippen molar-refractivity contribution in [2.24, 2.45) is 0 Å². The van der Waals surface area contributed by atoms with E-state index in [1.54, 1.807) is 51.0 Å². The predicted octanol–water partition coefficient (Wildman–Crippen LogP) is 3.53. The first-order chi connectivity index (χ1) is 20.1. The highest BCUT2D eigenvalue weighted by Gasteiger charge is 2.22. The van der Waals surface area contributed by atoms with Gasteiger partial charge in [0, 0.05) is 39.1 Å². The molecule has 13 heteroatoms. The number of amides is 1. The molecule has 0 atom stereocenters. The van der Waals surface area contributed by atoms with E-state index in [-0.39, 0.29) is 27.0 Å². The van der Waals surface area contributed by atoms with Gasteiger partial charge < -0.3 is 19.9 Å². The molecule has 0 aliphatic rings. The summed E-state index contributed by atoms with van der Waals surface area (Å²) in [7, 11) is 3.05. The maximum Gasteiger partial charge on any atom is 0.332 e. The van der Waals surface area contributed by atoms with Crippen LogP contribution >= 0.6 is 11.3 Å². The lowest BCUT2D eigenvalue weighted by Crippen LogP contribution is -2.44. The third kappa shape index (κ3) is 8.37. The fourth-order valence-electron chi connectivity index (χ4n) is 4.10. The van der Waals surface area contributed by atoms with Crippen LogP contribution in [0.15, 0.2) is 46.2 Å². The van der Waals surface area contributed by atoms with E-state index in [4.69, 9.17) is 9.84 Å². The Morgan fingerprint density at radius 1 is 1.21 bits per heavy atom. The van der Waals surface area contributed by atoms with Crippen molar-refractivity contribution in [2.45, 2.75) is 60.2 Å². The Hall–Kier alpha value is -3.81. The number of carbonyl (C=O) groups excluding carboxylic acids is 1. The monoisotopic (exact) mass is 607 g/mol. The van der Waals surface area contributed by atoms with Gasteiger partial charge in [-0.15, -0.1) is 0 Å². The molecular formula is C29H42FN5O6S. The minimum Gasteiger partial charge on any atom is -0.496 e.